The van der Waals surface area contributed by atoms with Gasteiger partial charge in [-0.15, -0.1) is 0 Å². The van der Waals surface area contributed by atoms with Crippen LogP contribution >= 0.6 is 0 Å². The Morgan fingerprint density at radius 3 is 2.10 bits per heavy atom. The van der Waals surface area contributed by atoms with Crippen LogP contribution in [-0.2, 0) is 6.42 Å². The normalized spacial score (nSPS) is 13.8. The number of aromatic nitrogens is 1. The second kappa shape index (κ2) is 11.2. The molecular weight excluding hydrogens is 591 g/mol. The lowest BCUT2D eigenvalue weighted by Crippen LogP contribution is -2.11. The van der Waals surface area contributed by atoms with E-state index in [1.165, 1.54) is 88.3 Å². The summed E-state index contributed by atoms with van der Waals surface area (Å²) in [7, 11) is 0. The fraction of sp³-hybridized carbons (Fsp3) is 0.0417. The molecule has 1 nitrogen and oxygen atoms in total. The first-order chi connectivity index (χ1) is 24.3. The summed E-state index contributed by atoms with van der Waals surface area (Å²) in [5.74, 6) is 0.214. The van der Waals surface area contributed by atoms with Crippen molar-refractivity contribution >= 4 is 32.4 Å². The molecule has 1 unspecified atom stereocenters. The minimum absolute atomic E-state index is 0.214. The molecule has 0 fully saturated rings. The van der Waals surface area contributed by atoms with Crippen molar-refractivity contribution in [2.45, 2.75) is 12.3 Å². The summed E-state index contributed by atoms with van der Waals surface area (Å²) in [6.07, 6.45) is 0.919. The molecule has 0 amide bonds. The van der Waals surface area contributed by atoms with Gasteiger partial charge < -0.3 is 4.57 Å². The lowest BCUT2D eigenvalue weighted by atomic mass is 9.77. The third-order valence-electron chi connectivity index (χ3n) is 10.6. The highest BCUT2D eigenvalue weighted by Crippen LogP contribution is 2.50. The first kappa shape index (κ1) is 27.9. The van der Waals surface area contributed by atoms with E-state index in [9.17, 15) is 0 Å². The maximum Gasteiger partial charge on any atom is 0.0622 e. The van der Waals surface area contributed by atoms with Crippen molar-refractivity contribution in [2.24, 2.45) is 0 Å². The summed E-state index contributed by atoms with van der Waals surface area (Å²) < 4.78 is 2.54. The number of fused-ring (bicyclic) bond motifs is 9. The number of hydrogen-bond donors (Lipinski definition) is 0. The summed E-state index contributed by atoms with van der Waals surface area (Å²) in [6, 6.07) is 67.3. The molecule has 0 spiro atoms. The molecule has 1 aliphatic rings. The average Bonchev–Trinajstić information content (AvgIpc) is 3.50. The van der Waals surface area contributed by atoms with E-state index in [1.54, 1.807) is 0 Å². The SMILES string of the molecule is c1ccc(-c2ccc3c(-n4c5c(c6ccccc64)-c4ccccc4C(c4ccc6ccccc6c4)Cc4ccccc4-5)cccc3c2)cc1. The summed E-state index contributed by atoms with van der Waals surface area (Å²) in [4.78, 5) is 0. The Morgan fingerprint density at radius 1 is 0.449 bits per heavy atom. The van der Waals surface area contributed by atoms with E-state index in [4.69, 9.17) is 0 Å². The maximum absolute atomic E-state index is 2.54. The fourth-order valence-corrected chi connectivity index (χ4v) is 8.30. The van der Waals surface area contributed by atoms with Crippen LogP contribution in [0.15, 0.2) is 182 Å². The number of rotatable bonds is 3. The molecule has 0 bridgehead atoms. The van der Waals surface area contributed by atoms with E-state index < -0.39 is 0 Å². The number of hydrogen-bond acceptors (Lipinski definition) is 0. The minimum atomic E-state index is 0.214. The van der Waals surface area contributed by atoms with Gasteiger partial charge in [-0.2, -0.15) is 0 Å². The van der Waals surface area contributed by atoms with Gasteiger partial charge in [0.25, 0.3) is 0 Å². The number of benzene rings is 8. The quantitative estimate of drug-likeness (QED) is 0.185. The Bertz CT molecular complexity index is 2690. The van der Waals surface area contributed by atoms with E-state index in [1.807, 2.05) is 0 Å². The van der Waals surface area contributed by atoms with Gasteiger partial charge in [-0.05, 0) is 74.2 Å². The summed E-state index contributed by atoms with van der Waals surface area (Å²) in [5, 5.41) is 6.32. The molecule has 1 aromatic heterocycles. The molecule has 1 heterocycles. The molecular formula is C48H33N. The van der Waals surface area contributed by atoms with Crippen LogP contribution in [0.1, 0.15) is 22.6 Å². The van der Waals surface area contributed by atoms with Gasteiger partial charge in [0.2, 0.25) is 0 Å². The van der Waals surface area contributed by atoms with Crippen LogP contribution in [0.5, 0.6) is 0 Å². The Morgan fingerprint density at radius 2 is 1.18 bits per heavy atom. The lowest BCUT2D eigenvalue weighted by molar-refractivity contribution is 0.806. The molecule has 230 valence electrons. The highest BCUT2D eigenvalue weighted by atomic mass is 15.0. The number of nitrogens with zero attached hydrogens (tertiary/aromatic N) is 1. The van der Waals surface area contributed by atoms with Crippen molar-refractivity contribution in [3.8, 4) is 39.2 Å². The molecule has 0 saturated heterocycles. The van der Waals surface area contributed by atoms with Crippen LogP contribution < -0.4 is 0 Å². The molecule has 10 rings (SSSR count). The van der Waals surface area contributed by atoms with E-state index in [0.29, 0.717) is 0 Å². The van der Waals surface area contributed by atoms with Gasteiger partial charge in [-0.25, -0.2) is 0 Å². The fourth-order valence-electron chi connectivity index (χ4n) is 8.30. The zero-order valence-electron chi connectivity index (χ0n) is 27.1. The van der Waals surface area contributed by atoms with Crippen molar-refractivity contribution in [3.05, 3.63) is 199 Å². The van der Waals surface area contributed by atoms with E-state index in [-0.39, 0.29) is 5.92 Å². The molecule has 0 radical (unpaired) electrons. The van der Waals surface area contributed by atoms with Crippen molar-refractivity contribution in [2.75, 3.05) is 0 Å². The third kappa shape index (κ3) is 4.47. The molecule has 1 heteroatoms. The van der Waals surface area contributed by atoms with E-state index in [2.05, 4.69) is 187 Å². The molecule has 8 aromatic carbocycles. The molecule has 0 N–H and O–H groups in total. The molecule has 1 atom stereocenters. The van der Waals surface area contributed by atoms with Gasteiger partial charge >= 0.3 is 0 Å². The van der Waals surface area contributed by atoms with Gasteiger partial charge in [-0.1, -0.05) is 164 Å². The predicted octanol–water partition coefficient (Wildman–Crippen LogP) is 12.6. The van der Waals surface area contributed by atoms with Crippen LogP contribution in [0, 0.1) is 0 Å². The molecule has 0 saturated carbocycles. The largest absolute Gasteiger partial charge is 0.308 e. The van der Waals surface area contributed by atoms with Crippen LogP contribution in [-0.4, -0.2) is 4.57 Å². The Labute approximate surface area is 286 Å². The maximum atomic E-state index is 2.54. The predicted molar refractivity (Wildman–Crippen MR) is 207 cm³/mol. The smallest absolute Gasteiger partial charge is 0.0622 e. The van der Waals surface area contributed by atoms with Crippen molar-refractivity contribution < 1.29 is 0 Å². The van der Waals surface area contributed by atoms with E-state index in [0.717, 1.165) is 6.42 Å². The third-order valence-corrected chi connectivity index (χ3v) is 10.6. The van der Waals surface area contributed by atoms with Crippen LogP contribution in [0.3, 0.4) is 0 Å². The first-order valence-electron chi connectivity index (χ1n) is 17.2. The lowest BCUT2D eigenvalue weighted by Gasteiger charge is -2.27. The average molecular weight is 624 g/mol. The summed E-state index contributed by atoms with van der Waals surface area (Å²) >= 11 is 0. The van der Waals surface area contributed by atoms with Gasteiger partial charge in [0.1, 0.15) is 0 Å². The summed E-state index contributed by atoms with van der Waals surface area (Å²) in [6.45, 7) is 0. The zero-order valence-corrected chi connectivity index (χ0v) is 27.1. The minimum Gasteiger partial charge on any atom is -0.308 e. The molecule has 49 heavy (non-hydrogen) atoms. The highest BCUT2D eigenvalue weighted by molar-refractivity contribution is 6.09. The molecule has 0 aliphatic heterocycles. The Kier molecular flexibility index (Phi) is 6.38. The van der Waals surface area contributed by atoms with Gasteiger partial charge in [0, 0.05) is 27.8 Å². The van der Waals surface area contributed by atoms with Crippen LogP contribution in [0.2, 0.25) is 0 Å². The van der Waals surface area contributed by atoms with Gasteiger partial charge in [0.15, 0.2) is 0 Å². The van der Waals surface area contributed by atoms with E-state index >= 15 is 0 Å². The molecule has 9 aromatic rings. The topological polar surface area (TPSA) is 4.93 Å². The van der Waals surface area contributed by atoms with Crippen LogP contribution in [0.25, 0.3) is 71.6 Å². The molecule has 1 aliphatic carbocycles. The van der Waals surface area contributed by atoms with Crippen molar-refractivity contribution in [3.63, 3.8) is 0 Å². The summed E-state index contributed by atoms with van der Waals surface area (Å²) in [5.41, 5.74) is 14.2. The monoisotopic (exact) mass is 623 g/mol. The van der Waals surface area contributed by atoms with Gasteiger partial charge in [0.05, 0.1) is 16.9 Å². The van der Waals surface area contributed by atoms with Crippen molar-refractivity contribution in [1.82, 2.24) is 4.57 Å². The Hall–Kier alpha value is -6.18. The van der Waals surface area contributed by atoms with Gasteiger partial charge in [-0.3, -0.25) is 0 Å². The zero-order chi connectivity index (χ0) is 32.3. The second-order valence-corrected chi connectivity index (χ2v) is 13.3. The van der Waals surface area contributed by atoms with Crippen molar-refractivity contribution in [1.29, 1.82) is 0 Å². The first-order valence-corrected chi connectivity index (χ1v) is 17.2. The van der Waals surface area contributed by atoms with Crippen LogP contribution in [0.4, 0.5) is 0 Å². The Balaban J connectivity index is 1.27. The highest BCUT2D eigenvalue weighted by Gasteiger charge is 2.30. The second-order valence-electron chi connectivity index (χ2n) is 13.3. The number of para-hydroxylation sites is 1. The standard InChI is InChI=1S/C48H33N/c1-2-13-32(14-3-1)35-27-28-39-36(30-35)18-12-24-45(39)49-46-23-11-10-22-43(46)47-42-21-9-8-20-41(42)44(31-37-17-6-7-19-40(37)48(47)49)38-26-25-33-15-4-5-16-34(33)29-38/h1-30,44H,31H2.